The van der Waals surface area contributed by atoms with E-state index in [4.69, 9.17) is 14.7 Å². The Morgan fingerprint density at radius 2 is 1.84 bits per heavy atom. The molecule has 7 nitrogen and oxygen atoms in total. The van der Waals surface area contributed by atoms with E-state index in [1.165, 1.54) is 12.1 Å². The Kier molecular flexibility index (Phi) is 4.44. The largest absolute Gasteiger partial charge is 0.493 e. The highest BCUT2D eigenvalue weighted by Gasteiger charge is 2.25. The van der Waals surface area contributed by atoms with E-state index >= 15 is 0 Å². The van der Waals surface area contributed by atoms with Crippen molar-refractivity contribution < 1.29 is 14.4 Å². The molecule has 0 atom stereocenters. The molecule has 1 aliphatic heterocycles. The third-order valence-electron chi connectivity index (χ3n) is 4.36. The standard InChI is InChI=1S/C18H17N3O4/c1-24-17-8-13-5-6-20(11-14(13)9-18(17)25-2)16-7-12(10-19)3-4-15(16)21(22)23/h3-4,7-9H,5-6,11H2,1-2H3. The Morgan fingerprint density at radius 3 is 2.44 bits per heavy atom. The van der Waals surface area contributed by atoms with E-state index < -0.39 is 4.92 Å². The predicted molar refractivity (Wildman–Crippen MR) is 92.1 cm³/mol. The minimum absolute atomic E-state index is 0.00271. The molecule has 0 aliphatic carbocycles. The number of anilines is 1. The third kappa shape index (κ3) is 3.06. The normalized spacial score (nSPS) is 12.9. The zero-order chi connectivity index (χ0) is 18.0. The number of ether oxygens (including phenoxy) is 2. The van der Waals surface area contributed by atoms with Gasteiger partial charge in [0.25, 0.3) is 5.69 Å². The number of nitriles is 1. The average molecular weight is 339 g/mol. The molecule has 25 heavy (non-hydrogen) atoms. The summed E-state index contributed by atoms with van der Waals surface area (Å²) < 4.78 is 10.7. The molecule has 0 N–H and O–H groups in total. The van der Waals surface area contributed by atoms with Crippen molar-refractivity contribution in [1.29, 1.82) is 5.26 Å². The number of methoxy groups -OCH3 is 2. The minimum atomic E-state index is -0.416. The zero-order valence-corrected chi connectivity index (χ0v) is 14.0. The van der Waals surface area contributed by atoms with Crippen molar-refractivity contribution in [2.24, 2.45) is 0 Å². The first-order chi connectivity index (χ1) is 12.1. The van der Waals surface area contributed by atoms with Crippen LogP contribution in [0.2, 0.25) is 0 Å². The summed E-state index contributed by atoms with van der Waals surface area (Å²) in [5, 5.41) is 20.5. The number of hydrogen-bond donors (Lipinski definition) is 0. The van der Waals surface area contributed by atoms with Gasteiger partial charge in [-0.05, 0) is 41.8 Å². The van der Waals surface area contributed by atoms with Crippen LogP contribution >= 0.6 is 0 Å². The average Bonchev–Trinajstić information content (AvgIpc) is 2.65. The van der Waals surface area contributed by atoms with Crippen LogP contribution in [-0.4, -0.2) is 25.7 Å². The number of fused-ring (bicyclic) bond motifs is 1. The monoisotopic (exact) mass is 339 g/mol. The Bertz CT molecular complexity index is 873. The lowest BCUT2D eigenvalue weighted by atomic mass is 9.98. The second kappa shape index (κ2) is 6.69. The van der Waals surface area contributed by atoms with Gasteiger partial charge >= 0.3 is 0 Å². The highest BCUT2D eigenvalue weighted by molar-refractivity contribution is 5.67. The summed E-state index contributed by atoms with van der Waals surface area (Å²) in [6.45, 7) is 1.13. The molecule has 1 heterocycles. The van der Waals surface area contributed by atoms with Gasteiger partial charge in [-0.1, -0.05) is 0 Å². The van der Waals surface area contributed by atoms with E-state index in [-0.39, 0.29) is 5.69 Å². The number of nitro groups is 1. The summed E-state index contributed by atoms with van der Waals surface area (Å²) in [6.07, 6.45) is 0.726. The minimum Gasteiger partial charge on any atom is -0.493 e. The first kappa shape index (κ1) is 16.6. The molecule has 3 rings (SSSR count). The van der Waals surface area contributed by atoms with E-state index in [0.29, 0.717) is 35.8 Å². The van der Waals surface area contributed by atoms with Gasteiger partial charge < -0.3 is 14.4 Å². The fraction of sp³-hybridized carbons (Fsp3) is 0.278. The van der Waals surface area contributed by atoms with Crippen LogP contribution in [-0.2, 0) is 13.0 Å². The Morgan fingerprint density at radius 1 is 1.16 bits per heavy atom. The van der Waals surface area contributed by atoms with Crippen LogP contribution in [0.5, 0.6) is 11.5 Å². The Labute approximate surface area is 145 Å². The number of hydrogen-bond acceptors (Lipinski definition) is 6. The maximum atomic E-state index is 11.4. The molecule has 0 spiro atoms. The molecule has 0 saturated carbocycles. The first-order valence-corrected chi connectivity index (χ1v) is 7.74. The summed E-state index contributed by atoms with van der Waals surface area (Å²) in [6, 6.07) is 10.3. The fourth-order valence-electron chi connectivity index (χ4n) is 3.09. The quantitative estimate of drug-likeness (QED) is 0.628. The summed E-state index contributed by atoms with van der Waals surface area (Å²) in [5.74, 6) is 1.30. The molecule has 0 fully saturated rings. The van der Waals surface area contributed by atoms with E-state index in [2.05, 4.69) is 0 Å². The van der Waals surface area contributed by atoms with E-state index in [0.717, 1.165) is 17.5 Å². The molecule has 0 bridgehead atoms. The SMILES string of the molecule is COc1cc2c(cc1OC)CN(c1cc(C#N)ccc1[N+](=O)[O-])CC2. The molecule has 0 radical (unpaired) electrons. The van der Waals surface area contributed by atoms with Gasteiger partial charge in [0, 0.05) is 19.2 Å². The lowest BCUT2D eigenvalue weighted by Crippen LogP contribution is -2.31. The van der Waals surface area contributed by atoms with Crippen molar-refractivity contribution >= 4 is 11.4 Å². The van der Waals surface area contributed by atoms with Crippen LogP contribution in [0, 0.1) is 21.4 Å². The van der Waals surface area contributed by atoms with Crippen molar-refractivity contribution in [1.82, 2.24) is 0 Å². The second-order valence-corrected chi connectivity index (χ2v) is 5.72. The zero-order valence-electron chi connectivity index (χ0n) is 14.0. The summed E-state index contributed by atoms with van der Waals surface area (Å²) in [4.78, 5) is 12.9. The smallest absolute Gasteiger partial charge is 0.292 e. The topological polar surface area (TPSA) is 88.6 Å². The predicted octanol–water partition coefficient (Wildman–Crippen LogP) is 3.05. The van der Waals surface area contributed by atoms with Gasteiger partial charge in [-0.3, -0.25) is 10.1 Å². The molecule has 0 saturated heterocycles. The van der Waals surface area contributed by atoms with E-state index in [1.807, 2.05) is 23.1 Å². The van der Waals surface area contributed by atoms with Gasteiger partial charge in [0.2, 0.25) is 0 Å². The van der Waals surface area contributed by atoms with Crippen molar-refractivity contribution in [3.8, 4) is 17.6 Å². The van der Waals surface area contributed by atoms with Crippen molar-refractivity contribution in [2.75, 3.05) is 25.7 Å². The van der Waals surface area contributed by atoms with E-state index in [9.17, 15) is 10.1 Å². The second-order valence-electron chi connectivity index (χ2n) is 5.72. The maximum absolute atomic E-state index is 11.4. The number of nitro benzene ring substituents is 1. The van der Waals surface area contributed by atoms with Crippen LogP contribution in [0.25, 0.3) is 0 Å². The molecule has 128 valence electrons. The molecule has 7 heteroatoms. The van der Waals surface area contributed by atoms with Crippen LogP contribution in [0.3, 0.4) is 0 Å². The molecule has 0 unspecified atom stereocenters. The molecule has 2 aromatic rings. The number of nitrogens with zero attached hydrogens (tertiary/aromatic N) is 3. The van der Waals surface area contributed by atoms with Crippen LogP contribution in [0.4, 0.5) is 11.4 Å². The Hall–Kier alpha value is -3.27. The molecular formula is C18H17N3O4. The first-order valence-electron chi connectivity index (χ1n) is 7.74. The van der Waals surface area contributed by atoms with Crippen LogP contribution < -0.4 is 14.4 Å². The molecular weight excluding hydrogens is 322 g/mol. The van der Waals surface area contributed by atoms with Gasteiger partial charge in [-0.25, -0.2) is 0 Å². The summed E-state index contributed by atoms with van der Waals surface area (Å²) in [7, 11) is 3.17. The van der Waals surface area contributed by atoms with Gasteiger partial charge in [0.15, 0.2) is 11.5 Å². The Balaban J connectivity index is 2.01. The highest BCUT2D eigenvalue weighted by Crippen LogP contribution is 2.37. The summed E-state index contributed by atoms with van der Waals surface area (Å²) in [5.41, 5.74) is 3.03. The fourth-order valence-corrected chi connectivity index (χ4v) is 3.09. The summed E-state index contributed by atoms with van der Waals surface area (Å²) >= 11 is 0. The van der Waals surface area contributed by atoms with Crippen molar-refractivity contribution in [2.45, 2.75) is 13.0 Å². The van der Waals surface area contributed by atoms with Crippen molar-refractivity contribution in [3.05, 3.63) is 57.1 Å². The molecule has 0 amide bonds. The van der Waals surface area contributed by atoms with Crippen LogP contribution in [0.15, 0.2) is 30.3 Å². The molecule has 0 aromatic heterocycles. The maximum Gasteiger partial charge on any atom is 0.292 e. The van der Waals surface area contributed by atoms with Gasteiger partial charge in [0.1, 0.15) is 5.69 Å². The highest BCUT2D eigenvalue weighted by atomic mass is 16.6. The number of rotatable bonds is 4. The van der Waals surface area contributed by atoms with Gasteiger partial charge in [-0.15, -0.1) is 0 Å². The molecule has 2 aromatic carbocycles. The van der Waals surface area contributed by atoms with Gasteiger partial charge in [-0.2, -0.15) is 5.26 Å². The lowest BCUT2D eigenvalue weighted by Gasteiger charge is -2.31. The third-order valence-corrected chi connectivity index (χ3v) is 4.36. The van der Waals surface area contributed by atoms with Crippen LogP contribution in [0.1, 0.15) is 16.7 Å². The van der Waals surface area contributed by atoms with E-state index in [1.54, 1.807) is 20.3 Å². The molecule has 1 aliphatic rings. The lowest BCUT2D eigenvalue weighted by molar-refractivity contribution is -0.384. The van der Waals surface area contributed by atoms with Crippen molar-refractivity contribution in [3.63, 3.8) is 0 Å². The number of benzene rings is 2. The van der Waals surface area contributed by atoms with Gasteiger partial charge in [0.05, 0.1) is 30.8 Å².